The van der Waals surface area contributed by atoms with E-state index in [4.69, 9.17) is 0 Å². The molecule has 4 nitrogen and oxygen atoms in total. The van der Waals surface area contributed by atoms with Crippen LogP contribution in [0.3, 0.4) is 0 Å². The highest BCUT2D eigenvalue weighted by Gasteiger charge is 2.26. The average molecular weight is 619 g/mol. The second-order valence-electron chi connectivity index (χ2n) is 6.97. The molecule has 3 aromatic carbocycles. The minimum absolute atomic E-state index is 0.0195. The van der Waals surface area contributed by atoms with E-state index in [1.807, 2.05) is 0 Å². The van der Waals surface area contributed by atoms with E-state index in [1.54, 1.807) is 18.2 Å². The lowest BCUT2D eigenvalue weighted by molar-refractivity contribution is -0.112. The van der Waals surface area contributed by atoms with E-state index in [9.17, 15) is 26.4 Å². The number of nitrogens with one attached hydrogen (secondary N) is 1. The van der Waals surface area contributed by atoms with Gasteiger partial charge in [0, 0.05) is 31.5 Å². The van der Waals surface area contributed by atoms with Crippen LogP contribution in [0.25, 0.3) is 6.08 Å². The molecule has 1 amide bonds. The fraction of sp³-hybridized carbons (Fsp3) is 0.0455. The molecule has 0 aliphatic carbocycles. The Bertz CT molecular complexity index is 1400. The molecule has 0 saturated carbocycles. The van der Waals surface area contributed by atoms with E-state index in [0.29, 0.717) is 37.2 Å². The van der Waals surface area contributed by atoms with Crippen molar-refractivity contribution in [1.29, 1.82) is 0 Å². The third-order valence-corrected chi connectivity index (χ3v) is 8.93. The van der Waals surface area contributed by atoms with Crippen LogP contribution in [0, 0.1) is 17.5 Å². The van der Waals surface area contributed by atoms with Gasteiger partial charge in [-0.2, -0.15) is 0 Å². The number of carbonyl (C=O) groups is 1. The predicted octanol–water partition coefficient (Wildman–Crippen LogP) is 6.69. The molecule has 4 rings (SSSR count). The summed E-state index contributed by atoms with van der Waals surface area (Å²) < 4.78 is 68.6. The molecule has 0 atom stereocenters. The summed E-state index contributed by atoms with van der Waals surface area (Å²) in [4.78, 5) is 12.7. The Labute approximate surface area is 208 Å². The lowest BCUT2D eigenvalue weighted by Gasteiger charge is -2.20. The lowest BCUT2D eigenvalue weighted by Crippen LogP contribution is -2.18. The normalized spacial score (nSPS) is 14.8. The Morgan fingerprint density at radius 1 is 0.970 bits per heavy atom. The van der Waals surface area contributed by atoms with Crippen molar-refractivity contribution >= 4 is 71.1 Å². The second-order valence-corrected chi connectivity index (χ2v) is 11.7. The number of sulfone groups is 1. The van der Waals surface area contributed by atoms with Crippen LogP contribution in [0.4, 0.5) is 18.9 Å². The van der Waals surface area contributed by atoms with Crippen molar-refractivity contribution in [3.8, 4) is 0 Å². The van der Waals surface area contributed by atoms with Gasteiger partial charge in [-0.05, 0) is 42.0 Å². The van der Waals surface area contributed by atoms with E-state index in [1.165, 1.54) is 18.2 Å². The summed E-state index contributed by atoms with van der Waals surface area (Å²) in [7, 11) is -3.77. The van der Waals surface area contributed by atoms with Gasteiger partial charge >= 0.3 is 0 Å². The van der Waals surface area contributed by atoms with Gasteiger partial charge in [0.25, 0.3) is 5.91 Å². The van der Waals surface area contributed by atoms with Gasteiger partial charge in [-0.15, -0.1) is 0 Å². The summed E-state index contributed by atoms with van der Waals surface area (Å²) in [5, 5.41) is 2.57. The van der Waals surface area contributed by atoms with Crippen LogP contribution in [0.15, 0.2) is 72.2 Å². The number of halogens is 5. The minimum atomic E-state index is -3.77. The van der Waals surface area contributed by atoms with Crippen molar-refractivity contribution in [3.05, 3.63) is 91.0 Å². The van der Waals surface area contributed by atoms with E-state index < -0.39 is 38.8 Å². The van der Waals surface area contributed by atoms with Crippen molar-refractivity contribution in [2.45, 2.75) is 15.5 Å². The maximum absolute atomic E-state index is 14.0. The van der Waals surface area contributed by atoms with E-state index in [2.05, 4.69) is 37.2 Å². The number of hydrogen-bond donors (Lipinski definition) is 1. The quantitative estimate of drug-likeness (QED) is 0.331. The van der Waals surface area contributed by atoms with Gasteiger partial charge in [0.05, 0.1) is 21.2 Å². The minimum Gasteiger partial charge on any atom is -0.320 e. The van der Waals surface area contributed by atoms with Crippen molar-refractivity contribution in [2.24, 2.45) is 0 Å². The van der Waals surface area contributed by atoms with Crippen LogP contribution in [0.1, 0.15) is 11.1 Å². The number of fused-ring (bicyclic) bond motifs is 1. The van der Waals surface area contributed by atoms with Gasteiger partial charge in [-0.25, -0.2) is 21.6 Å². The number of amides is 1. The molecule has 0 spiro atoms. The zero-order chi connectivity index (χ0) is 23.9. The van der Waals surface area contributed by atoms with Gasteiger partial charge in [0.15, 0.2) is 9.84 Å². The van der Waals surface area contributed by atoms with E-state index in [-0.39, 0.29) is 15.6 Å². The number of benzene rings is 3. The third-order valence-electron chi connectivity index (χ3n) is 4.72. The highest BCUT2D eigenvalue weighted by molar-refractivity contribution is 9.11. The topological polar surface area (TPSA) is 63.2 Å². The summed E-state index contributed by atoms with van der Waals surface area (Å²) in [6.07, 6.45) is 0.965. The number of anilines is 1. The number of thioether (sulfide) groups is 1. The van der Waals surface area contributed by atoms with Crippen molar-refractivity contribution in [1.82, 2.24) is 0 Å². The summed E-state index contributed by atoms with van der Waals surface area (Å²) in [6, 6.07) is 10.5. The van der Waals surface area contributed by atoms with E-state index >= 15 is 0 Å². The Hall–Kier alpha value is -2.08. The monoisotopic (exact) mass is 617 g/mol. The molecule has 170 valence electrons. The zero-order valence-electron chi connectivity index (χ0n) is 16.3. The average Bonchev–Trinajstić information content (AvgIpc) is 2.73. The zero-order valence-corrected chi connectivity index (χ0v) is 21.1. The number of carbonyl (C=O) groups excluding carboxylic acids is 1. The molecule has 0 unspecified atom stereocenters. The molecule has 0 saturated heterocycles. The SMILES string of the molecule is O=C1Nc2ccc(S(=O)(=O)Cc3c(Br)cccc3Br)cc2S/C1=C/c1c(F)cc(F)cc1F. The first kappa shape index (κ1) is 24.1. The smallest absolute Gasteiger partial charge is 0.262 e. The van der Waals surface area contributed by atoms with Crippen LogP contribution < -0.4 is 5.32 Å². The Kier molecular flexibility index (Phi) is 6.77. The maximum atomic E-state index is 14.0. The van der Waals surface area contributed by atoms with Crippen LogP contribution in [-0.2, 0) is 20.4 Å². The molecule has 1 N–H and O–H groups in total. The molecule has 1 heterocycles. The van der Waals surface area contributed by atoms with Crippen molar-refractivity contribution in [3.63, 3.8) is 0 Å². The number of hydrogen-bond acceptors (Lipinski definition) is 4. The van der Waals surface area contributed by atoms with Crippen LogP contribution in [0.2, 0.25) is 0 Å². The highest BCUT2D eigenvalue weighted by atomic mass is 79.9. The first-order valence-corrected chi connectivity index (χ1v) is 13.3. The molecular formula is C22H12Br2F3NO3S2. The second kappa shape index (κ2) is 9.28. The summed E-state index contributed by atoms with van der Waals surface area (Å²) in [5.41, 5.74) is 0.349. The molecule has 0 bridgehead atoms. The standard InChI is InChI=1S/C22H12Br2F3NO3S2/c23-15-2-1-3-16(24)14(15)10-33(30,31)12-4-5-19-20(8-12)32-21(22(29)28-19)9-13-17(26)6-11(25)7-18(13)27/h1-9H,10H2,(H,28,29)/b21-9+. The van der Waals surface area contributed by atoms with Gasteiger partial charge in [-0.1, -0.05) is 49.7 Å². The maximum Gasteiger partial charge on any atom is 0.262 e. The molecule has 0 aromatic heterocycles. The summed E-state index contributed by atoms with van der Waals surface area (Å²) >= 11 is 7.58. The predicted molar refractivity (Wildman–Crippen MR) is 128 cm³/mol. The van der Waals surface area contributed by atoms with E-state index in [0.717, 1.165) is 17.8 Å². The van der Waals surface area contributed by atoms with Crippen LogP contribution in [0.5, 0.6) is 0 Å². The van der Waals surface area contributed by atoms with Gasteiger partial charge in [0.2, 0.25) is 0 Å². The van der Waals surface area contributed by atoms with Crippen molar-refractivity contribution < 1.29 is 26.4 Å². The molecule has 0 radical (unpaired) electrons. The fourth-order valence-electron chi connectivity index (χ4n) is 3.09. The lowest BCUT2D eigenvalue weighted by atomic mass is 10.1. The van der Waals surface area contributed by atoms with Gasteiger partial charge < -0.3 is 5.32 Å². The highest BCUT2D eigenvalue weighted by Crippen LogP contribution is 2.41. The van der Waals surface area contributed by atoms with Gasteiger partial charge in [-0.3, -0.25) is 4.79 Å². The molecule has 0 fully saturated rings. The molecule has 3 aromatic rings. The van der Waals surface area contributed by atoms with Crippen LogP contribution in [-0.4, -0.2) is 14.3 Å². The Morgan fingerprint density at radius 2 is 1.61 bits per heavy atom. The number of rotatable bonds is 4. The Balaban J connectivity index is 1.69. The molecule has 1 aliphatic heterocycles. The summed E-state index contributed by atoms with van der Waals surface area (Å²) in [5.74, 6) is -4.29. The first-order valence-electron chi connectivity index (χ1n) is 9.20. The molecule has 11 heteroatoms. The molecule has 33 heavy (non-hydrogen) atoms. The van der Waals surface area contributed by atoms with Crippen LogP contribution >= 0.6 is 43.6 Å². The third kappa shape index (κ3) is 5.06. The fourth-order valence-corrected chi connectivity index (χ4v) is 7.22. The Morgan fingerprint density at radius 3 is 2.24 bits per heavy atom. The molecule has 1 aliphatic rings. The van der Waals surface area contributed by atoms with Crippen molar-refractivity contribution in [2.75, 3.05) is 5.32 Å². The van der Waals surface area contributed by atoms with Gasteiger partial charge in [0.1, 0.15) is 17.5 Å². The summed E-state index contributed by atoms with van der Waals surface area (Å²) in [6.45, 7) is 0. The molecular weight excluding hydrogens is 607 g/mol. The first-order chi connectivity index (χ1) is 15.5. The largest absolute Gasteiger partial charge is 0.320 e.